The standard InChI is InChI=1S/C6H16NO3P.C4H12NO3P.4Na/c1-2-3-6(7)4-5-11(8,9)10;1-4(5)2-3-9(6,7)8;;;;/h6H,2-5,7H2,1H3,(H2,8,9,10);4H,2-3,5H2,1H3,(H2,6,7,8);;;;/q;;4*+1/p-4. The monoisotopic (exact) mass is 422 g/mol. The second-order valence-electron chi connectivity index (χ2n) is 4.77. The average Bonchev–Trinajstić information content (AvgIpc) is 2.23. The van der Waals surface area contributed by atoms with E-state index in [2.05, 4.69) is 0 Å². The summed E-state index contributed by atoms with van der Waals surface area (Å²) in [5, 5.41) is 0. The second-order valence-corrected chi connectivity index (χ2v) is 8.11. The van der Waals surface area contributed by atoms with Crippen LogP contribution in [0.15, 0.2) is 0 Å². The summed E-state index contributed by atoms with van der Waals surface area (Å²) >= 11 is 0. The van der Waals surface area contributed by atoms with Gasteiger partial charge >= 0.3 is 118 Å². The van der Waals surface area contributed by atoms with E-state index in [1.807, 2.05) is 6.92 Å². The fourth-order valence-corrected chi connectivity index (χ4v) is 2.57. The van der Waals surface area contributed by atoms with Crippen LogP contribution < -0.4 is 149 Å². The SMILES string of the molecule is CC(N)CCP(=O)([O-])[O-].CCCC(N)CCP(=O)([O-])[O-].[Na+].[Na+].[Na+].[Na+]. The molecule has 124 valence electrons. The first-order valence-electron chi connectivity index (χ1n) is 6.40. The third-order valence-electron chi connectivity index (χ3n) is 2.29. The van der Waals surface area contributed by atoms with E-state index in [1.165, 1.54) is 0 Å². The van der Waals surface area contributed by atoms with Crippen molar-refractivity contribution in [1.82, 2.24) is 0 Å². The Morgan fingerprint density at radius 1 is 0.792 bits per heavy atom. The Kier molecular flexibility index (Phi) is 41.5. The quantitative estimate of drug-likeness (QED) is 0.286. The van der Waals surface area contributed by atoms with Crippen LogP contribution in [0.25, 0.3) is 0 Å². The van der Waals surface area contributed by atoms with Crippen molar-refractivity contribution in [3.8, 4) is 0 Å². The van der Waals surface area contributed by atoms with Gasteiger partial charge in [-0.05, 0) is 38.5 Å². The van der Waals surface area contributed by atoms with Crippen LogP contribution in [-0.4, -0.2) is 24.4 Å². The van der Waals surface area contributed by atoms with E-state index < -0.39 is 15.2 Å². The molecule has 0 heterocycles. The zero-order valence-corrected chi connectivity index (χ0v) is 25.7. The molecule has 2 unspecified atom stereocenters. The van der Waals surface area contributed by atoms with Crippen LogP contribution in [0.3, 0.4) is 0 Å². The van der Waals surface area contributed by atoms with E-state index >= 15 is 0 Å². The molecule has 0 aliphatic carbocycles. The van der Waals surface area contributed by atoms with E-state index in [-0.39, 0.29) is 155 Å². The molecule has 0 saturated carbocycles. The average molecular weight is 422 g/mol. The van der Waals surface area contributed by atoms with Gasteiger partial charge in [-0.3, -0.25) is 0 Å². The molecule has 8 nitrogen and oxygen atoms in total. The maximum atomic E-state index is 10.2. The molecule has 0 amide bonds. The Morgan fingerprint density at radius 2 is 1.12 bits per heavy atom. The molecule has 0 aliphatic heterocycles. The van der Waals surface area contributed by atoms with Gasteiger partial charge in [0.1, 0.15) is 0 Å². The largest absolute Gasteiger partial charge is 1.00 e. The van der Waals surface area contributed by atoms with Crippen LogP contribution in [0.4, 0.5) is 0 Å². The first-order valence-corrected chi connectivity index (χ1v) is 9.86. The van der Waals surface area contributed by atoms with Gasteiger partial charge in [-0.15, -0.1) is 0 Å². The molecular weight excluding hydrogens is 398 g/mol. The number of rotatable bonds is 8. The molecule has 0 radical (unpaired) electrons. The number of nitrogens with two attached hydrogens (primary N) is 2. The molecular formula is C10H24N2Na4O6P2. The predicted octanol–water partition coefficient (Wildman–Crippen LogP) is -13.9. The van der Waals surface area contributed by atoms with Crippen LogP contribution in [0, 0.1) is 0 Å². The van der Waals surface area contributed by atoms with Gasteiger partial charge < -0.3 is 40.2 Å². The van der Waals surface area contributed by atoms with Gasteiger partial charge in [0, 0.05) is 12.1 Å². The minimum Gasteiger partial charge on any atom is -0.811 e. The molecule has 0 aromatic rings. The Balaban J connectivity index is -0.0000000586. The van der Waals surface area contributed by atoms with E-state index in [4.69, 9.17) is 11.5 Å². The van der Waals surface area contributed by atoms with Crippen molar-refractivity contribution in [1.29, 1.82) is 0 Å². The summed E-state index contributed by atoms with van der Waals surface area (Å²) in [6, 6.07) is -0.350. The van der Waals surface area contributed by atoms with Gasteiger partial charge in [0.25, 0.3) is 0 Å². The Labute approximate surface area is 233 Å². The molecule has 2 atom stereocenters. The summed E-state index contributed by atoms with van der Waals surface area (Å²) in [5.74, 6) is 0. The third kappa shape index (κ3) is 45.1. The molecule has 0 bridgehead atoms. The molecule has 0 aliphatic rings. The third-order valence-corrected chi connectivity index (χ3v) is 3.90. The summed E-state index contributed by atoms with van der Waals surface area (Å²) in [5.41, 5.74) is 10.7. The zero-order valence-electron chi connectivity index (χ0n) is 15.9. The summed E-state index contributed by atoms with van der Waals surface area (Å²) in [7, 11) is -8.62. The van der Waals surface area contributed by atoms with Crippen LogP contribution >= 0.6 is 15.2 Å². The van der Waals surface area contributed by atoms with Gasteiger partial charge in [0.2, 0.25) is 0 Å². The molecule has 0 saturated heterocycles. The van der Waals surface area contributed by atoms with E-state index in [9.17, 15) is 28.7 Å². The molecule has 4 N–H and O–H groups in total. The summed E-state index contributed by atoms with van der Waals surface area (Å²) in [6.45, 7) is 3.63. The van der Waals surface area contributed by atoms with Crippen molar-refractivity contribution in [2.24, 2.45) is 11.5 Å². The Bertz CT molecular complexity index is 343. The van der Waals surface area contributed by atoms with Crippen molar-refractivity contribution in [2.45, 2.75) is 51.6 Å². The fraction of sp³-hybridized carbons (Fsp3) is 1.00. The van der Waals surface area contributed by atoms with Crippen molar-refractivity contribution >= 4 is 15.2 Å². The fourth-order valence-electron chi connectivity index (χ4n) is 1.20. The Morgan fingerprint density at radius 3 is 1.33 bits per heavy atom. The maximum absolute atomic E-state index is 10.2. The molecule has 0 fully saturated rings. The molecule has 0 spiro atoms. The summed E-state index contributed by atoms with van der Waals surface area (Å²) in [6.07, 6.45) is 1.60. The minimum atomic E-state index is -4.32. The minimum absolute atomic E-state index is 0. The smallest absolute Gasteiger partial charge is 0.811 e. The zero-order chi connectivity index (χ0) is 16.4. The normalized spacial score (nSPS) is 12.7. The Hall–Kier alpha value is 4.22. The van der Waals surface area contributed by atoms with Crippen molar-refractivity contribution in [2.75, 3.05) is 12.3 Å². The molecule has 0 aromatic heterocycles. The molecule has 14 heteroatoms. The van der Waals surface area contributed by atoms with Gasteiger partial charge in [-0.1, -0.05) is 28.5 Å². The van der Waals surface area contributed by atoms with Crippen molar-refractivity contribution < 1.29 is 147 Å². The molecule has 0 rings (SSSR count). The van der Waals surface area contributed by atoms with Crippen LogP contribution in [0.5, 0.6) is 0 Å². The van der Waals surface area contributed by atoms with Gasteiger partial charge in [0.05, 0.1) is 0 Å². The molecule has 0 aromatic carbocycles. The van der Waals surface area contributed by atoms with Gasteiger partial charge in [0.15, 0.2) is 0 Å². The van der Waals surface area contributed by atoms with Crippen LogP contribution in [0.1, 0.15) is 39.5 Å². The van der Waals surface area contributed by atoms with E-state index in [0.29, 0.717) is 0 Å². The topological polar surface area (TPSA) is 178 Å². The van der Waals surface area contributed by atoms with Crippen molar-refractivity contribution in [3.63, 3.8) is 0 Å². The second kappa shape index (κ2) is 23.5. The van der Waals surface area contributed by atoms with E-state index in [1.54, 1.807) is 6.92 Å². The van der Waals surface area contributed by atoms with Gasteiger partial charge in [-0.2, -0.15) is 0 Å². The van der Waals surface area contributed by atoms with Crippen LogP contribution in [0.2, 0.25) is 0 Å². The first kappa shape index (κ1) is 42.3. The summed E-state index contributed by atoms with van der Waals surface area (Å²) < 4.78 is 20.1. The van der Waals surface area contributed by atoms with Gasteiger partial charge in [-0.25, -0.2) is 0 Å². The first-order chi connectivity index (χ1) is 8.87. The number of hydrogen-bond donors (Lipinski definition) is 2. The van der Waals surface area contributed by atoms with E-state index in [0.717, 1.165) is 12.8 Å². The maximum Gasteiger partial charge on any atom is 1.00 e. The molecule has 24 heavy (non-hydrogen) atoms. The van der Waals surface area contributed by atoms with Crippen molar-refractivity contribution in [3.05, 3.63) is 0 Å². The summed E-state index contributed by atoms with van der Waals surface area (Å²) in [4.78, 5) is 40.2. The number of hydrogen-bond acceptors (Lipinski definition) is 8. The predicted molar refractivity (Wildman–Crippen MR) is 70.7 cm³/mol. The van der Waals surface area contributed by atoms with Crippen LogP contribution in [-0.2, 0) is 9.13 Å².